The number of aliphatic hydroxyl groups is 1. The van der Waals surface area contributed by atoms with Crippen molar-refractivity contribution in [3.63, 3.8) is 0 Å². The van der Waals surface area contributed by atoms with Gasteiger partial charge in [0.15, 0.2) is 0 Å². The summed E-state index contributed by atoms with van der Waals surface area (Å²) in [4.78, 5) is 2.32. The maximum atomic E-state index is 9.82. The first-order valence-corrected chi connectivity index (χ1v) is 5.94. The Labute approximate surface area is 97.9 Å². The van der Waals surface area contributed by atoms with E-state index in [1.165, 1.54) is 16.8 Å². The standard InChI is InChI=1S/C14H21NO/c1-10-7-12-6-5-11(9-14(2,3)16)8-13(12)15(10)4/h5-6,8,10,16H,7,9H2,1-4H3. The predicted octanol–water partition coefficient (Wildman–Crippen LogP) is 2.38. The zero-order valence-corrected chi connectivity index (χ0v) is 10.6. The van der Waals surface area contributed by atoms with Gasteiger partial charge in [-0.2, -0.15) is 0 Å². The van der Waals surface area contributed by atoms with E-state index in [1.54, 1.807) is 0 Å². The highest BCUT2D eigenvalue weighted by Crippen LogP contribution is 2.32. The fourth-order valence-electron chi connectivity index (χ4n) is 2.41. The van der Waals surface area contributed by atoms with E-state index in [2.05, 4.69) is 37.1 Å². The third kappa shape index (κ3) is 2.22. The van der Waals surface area contributed by atoms with E-state index in [1.807, 2.05) is 13.8 Å². The zero-order valence-electron chi connectivity index (χ0n) is 10.6. The van der Waals surface area contributed by atoms with Crippen molar-refractivity contribution in [1.29, 1.82) is 0 Å². The summed E-state index contributed by atoms with van der Waals surface area (Å²) in [6, 6.07) is 7.16. The molecule has 1 aliphatic heterocycles. The molecule has 1 aliphatic rings. The van der Waals surface area contributed by atoms with Crippen molar-refractivity contribution in [3.05, 3.63) is 29.3 Å². The molecule has 0 amide bonds. The molecule has 1 unspecified atom stereocenters. The molecule has 88 valence electrons. The van der Waals surface area contributed by atoms with Gasteiger partial charge < -0.3 is 10.0 Å². The monoisotopic (exact) mass is 219 g/mol. The summed E-state index contributed by atoms with van der Waals surface area (Å²) in [7, 11) is 2.14. The summed E-state index contributed by atoms with van der Waals surface area (Å²) in [6.07, 6.45) is 1.84. The molecule has 0 spiro atoms. The number of hydrogen-bond acceptors (Lipinski definition) is 2. The van der Waals surface area contributed by atoms with Gasteiger partial charge in [0, 0.05) is 25.2 Å². The first kappa shape index (κ1) is 11.5. The second-order valence-electron chi connectivity index (χ2n) is 5.62. The SMILES string of the molecule is CC1Cc2ccc(CC(C)(C)O)cc2N1C. The lowest BCUT2D eigenvalue weighted by Crippen LogP contribution is -2.24. The van der Waals surface area contributed by atoms with Gasteiger partial charge in [-0.15, -0.1) is 0 Å². The Hall–Kier alpha value is -1.02. The van der Waals surface area contributed by atoms with Crippen LogP contribution in [0.4, 0.5) is 5.69 Å². The van der Waals surface area contributed by atoms with E-state index < -0.39 is 5.60 Å². The Bertz CT molecular complexity index is 392. The number of hydrogen-bond donors (Lipinski definition) is 1. The highest BCUT2D eigenvalue weighted by atomic mass is 16.3. The number of rotatable bonds is 2. The molecule has 0 fully saturated rings. The maximum absolute atomic E-state index is 9.82. The minimum atomic E-state index is -0.628. The van der Waals surface area contributed by atoms with Gasteiger partial charge in [0.2, 0.25) is 0 Å². The van der Waals surface area contributed by atoms with Gasteiger partial charge in [0.1, 0.15) is 0 Å². The zero-order chi connectivity index (χ0) is 11.9. The van der Waals surface area contributed by atoms with Crippen LogP contribution in [0.5, 0.6) is 0 Å². The topological polar surface area (TPSA) is 23.5 Å². The molecule has 2 heteroatoms. The largest absolute Gasteiger partial charge is 0.390 e. The summed E-state index contributed by atoms with van der Waals surface area (Å²) in [5.74, 6) is 0. The van der Waals surface area contributed by atoms with E-state index in [4.69, 9.17) is 0 Å². The molecule has 16 heavy (non-hydrogen) atoms. The first-order chi connectivity index (χ1) is 7.37. The van der Waals surface area contributed by atoms with E-state index >= 15 is 0 Å². The van der Waals surface area contributed by atoms with Gasteiger partial charge in [0.05, 0.1) is 5.60 Å². The van der Waals surface area contributed by atoms with Crippen LogP contribution < -0.4 is 4.90 Å². The highest BCUT2D eigenvalue weighted by Gasteiger charge is 2.23. The van der Waals surface area contributed by atoms with Crippen LogP contribution in [0.3, 0.4) is 0 Å². The molecular weight excluding hydrogens is 198 g/mol. The van der Waals surface area contributed by atoms with Gasteiger partial charge in [-0.25, -0.2) is 0 Å². The molecule has 0 saturated heterocycles. The molecule has 1 aromatic rings. The predicted molar refractivity (Wildman–Crippen MR) is 68.0 cm³/mol. The van der Waals surface area contributed by atoms with E-state index in [-0.39, 0.29) is 0 Å². The molecule has 1 atom stereocenters. The lowest BCUT2D eigenvalue weighted by Gasteiger charge is -2.21. The van der Waals surface area contributed by atoms with Crippen molar-refractivity contribution in [1.82, 2.24) is 0 Å². The summed E-state index contributed by atoms with van der Waals surface area (Å²) in [6.45, 7) is 5.95. The van der Waals surface area contributed by atoms with Crippen LogP contribution in [-0.4, -0.2) is 23.8 Å². The fourth-order valence-corrected chi connectivity index (χ4v) is 2.41. The second-order valence-corrected chi connectivity index (χ2v) is 5.62. The Balaban J connectivity index is 2.27. The van der Waals surface area contributed by atoms with Crippen LogP contribution >= 0.6 is 0 Å². The van der Waals surface area contributed by atoms with Crippen LogP contribution in [0.1, 0.15) is 31.9 Å². The molecular formula is C14H21NO. The maximum Gasteiger partial charge on any atom is 0.0631 e. The summed E-state index contributed by atoms with van der Waals surface area (Å²) < 4.78 is 0. The van der Waals surface area contributed by atoms with Crippen LogP contribution in [0, 0.1) is 0 Å². The van der Waals surface area contributed by atoms with Crippen molar-refractivity contribution in [2.24, 2.45) is 0 Å². The normalized spacial score (nSPS) is 20.1. The van der Waals surface area contributed by atoms with Gasteiger partial charge in [0.25, 0.3) is 0 Å². The van der Waals surface area contributed by atoms with Crippen LogP contribution in [0.15, 0.2) is 18.2 Å². The Kier molecular flexibility index (Phi) is 2.70. The molecule has 1 N–H and O–H groups in total. The number of anilines is 1. The van der Waals surface area contributed by atoms with Gasteiger partial charge in [-0.3, -0.25) is 0 Å². The van der Waals surface area contributed by atoms with Gasteiger partial charge in [-0.1, -0.05) is 12.1 Å². The Morgan fingerprint density at radius 1 is 1.44 bits per heavy atom. The molecule has 0 bridgehead atoms. The molecule has 0 aliphatic carbocycles. The van der Waals surface area contributed by atoms with Gasteiger partial charge >= 0.3 is 0 Å². The van der Waals surface area contributed by atoms with E-state index in [9.17, 15) is 5.11 Å². The third-order valence-electron chi connectivity index (χ3n) is 3.34. The molecule has 2 nitrogen and oxygen atoms in total. The minimum absolute atomic E-state index is 0.590. The summed E-state index contributed by atoms with van der Waals surface area (Å²) in [5, 5.41) is 9.82. The van der Waals surface area contributed by atoms with Crippen LogP contribution in [0.2, 0.25) is 0 Å². The van der Waals surface area contributed by atoms with Crippen molar-refractivity contribution in [2.75, 3.05) is 11.9 Å². The number of benzene rings is 1. The molecule has 1 aromatic carbocycles. The lowest BCUT2D eigenvalue weighted by atomic mass is 9.97. The molecule has 2 rings (SSSR count). The Morgan fingerprint density at radius 3 is 2.75 bits per heavy atom. The van der Waals surface area contributed by atoms with E-state index in [0.717, 1.165) is 6.42 Å². The van der Waals surface area contributed by atoms with Crippen molar-refractivity contribution >= 4 is 5.69 Å². The second kappa shape index (κ2) is 3.77. The minimum Gasteiger partial charge on any atom is -0.390 e. The lowest BCUT2D eigenvalue weighted by molar-refractivity contribution is 0.0810. The quantitative estimate of drug-likeness (QED) is 0.825. The van der Waals surface area contributed by atoms with Crippen molar-refractivity contribution < 1.29 is 5.11 Å². The molecule has 1 heterocycles. The molecule has 0 aromatic heterocycles. The molecule has 0 radical (unpaired) electrons. The van der Waals surface area contributed by atoms with Crippen molar-refractivity contribution in [2.45, 2.75) is 45.3 Å². The third-order valence-corrected chi connectivity index (χ3v) is 3.34. The number of nitrogens with zero attached hydrogens (tertiary/aromatic N) is 1. The van der Waals surface area contributed by atoms with Crippen LogP contribution in [0.25, 0.3) is 0 Å². The smallest absolute Gasteiger partial charge is 0.0631 e. The number of fused-ring (bicyclic) bond motifs is 1. The highest BCUT2D eigenvalue weighted by molar-refractivity contribution is 5.60. The van der Waals surface area contributed by atoms with E-state index in [0.29, 0.717) is 12.5 Å². The first-order valence-electron chi connectivity index (χ1n) is 5.94. The average molecular weight is 219 g/mol. The fraction of sp³-hybridized carbons (Fsp3) is 0.571. The Morgan fingerprint density at radius 2 is 2.12 bits per heavy atom. The number of likely N-dealkylation sites (N-methyl/N-ethyl adjacent to an activating group) is 1. The van der Waals surface area contributed by atoms with Crippen molar-refractivity contribution in [3.8, 4) is 0 Å². The summed E-state index contributed by atoms with van der Waals surface area (Å²) >= 11 is 0. The average Bonchev–Trinajstić information content (AvgIpc) is 2.42. The van der Waals surface area contributed by atoms with Crippen LogP contribution in [-0.2, 0) is 12.8 Å². The summed E-state index contributed by atoms with van der Waals surface area (Å²) in [5.41, 5.74) is 3.34. The molecule has 0 saturated carbocycles. The van der Waals surface area contributed by atoms with Gasteiger partial charge in [-0.05, 0) is 44.4 Å².